The summed E-state index contributed by atoms with van der Waals surface area (Å²) >= 11 is 9.12. The second kappa shape index (κ2) is 7.09. The molecule has 0 saturated heterocycles. The number of rotatable bonds is 5. The van der Waals surface area contributed by atoms with E-state index in [1.807, 2.05) is 0 Å². The van der Waals surface area contributed by atoms with E-state index in [0.29, 0.717) is 21.9 Å². The van der Waals surface area contributed by atoms with E-state index in [1.54, 1.807) is 12.1 Å². The van der Waals surface area contributed by atoms with E-state index < -0.39 is 11.6 Å². The van der Waals surface area contributed by atoms with Crippen molar-refractivity contribution >= 4 is 27.5 Å². The van der Waals surface area contributed by atoms with Crippen molar-refractivity contribution in [3.05, 3.63) is 57.6 Å². The summed E-state index contributed by atoms with van der Waals surface area (Å²) in [5.74, 6) is -0.173. The molecule has 0 aliphatic heterocycles. The fourth-order valence-electron chi connectivity index (χ4n) is 1.81. The van der Waals surface area contributed by atoms with Crippen molar-refractivity contribution in [3.63, 3.8) is 0 Å². The van der Waals surface area contributed by atoms with Gasteiger partial charge in [-0.3, -0.25) is 0 Å². The molecule has 21 heavy (non-hydrogen) atoms. The molecule has 6 heteroatoms. The second-order valence-corrected chi connectivity index (χ2v) is 5.35. The molecule has 112 valence electrons. The van der Waals surface area contributed by atoms with Crippen LogP contribution < -0.4 is 9.47 Å². The first kappa shape index (κ1) is 16.0. The van der Waals surface area contributed by atoms with Crippen LogP contribution in [0, 0.1) is 11.6 Å². The van der Waals surface area contributed by atoms with E-state index in [4.69, 9.17) is 21.1 Å². The Hall–Kier alpha value is -1.33. The summed E-state index contributed by atoms with van der Waals surface area (Å²) in [4.78, 5) is 0. The number of hydrogen-bond donors (Lipinski definition) is 0. The van der Waals surface area contributed by atoms with Gasteiger partial charge in [-0.2, -0.15) is 0 Å². The maximum Gasteiger partial charge on any atom is 0.175 e. The zero-order chi connectivity index (χ0) is 15.4. The van der Waals surface area contributed by atoms with E-state index in [0.717, 1.165) is 5.56 Å². The summed E-state index contributed by atoms with van der Waals surface area (Å²) in [5, 5.41) is 0. The van der Waals surface area contributed by atoms with Gasteiger partial charge >= 0.3 is 0 Å². The van der Waals surface area contributed by atoms with Crippen molar-refractivity contribution in [2.45, 2.75) is 12.5 Å². The molecular formula is C15H12BrClF2O2. The predicted octanol–water partition coefficient (Wildman–Crippen LogP) is 5.05. The lowest BCUT2D eigenvalue weighted by molar-refractivity contribution is 0.272. The first-order valence-corrected chi connectivity index (χ1v) is 7.37. The molecular weight excluding hydrogens is 366 g/mol. The fraction of sp³-hybridized carbons (Fsp3) is 0.200. The molecule has 2 aromatic rings. The predicted molar refractivity (Wildman–Crippen MR) is 80.9 cm³/mol. The van der Waals surface area contributed by atoms with E-state index in [2.05, 4.69) is 15.9 Å². The van der Waals surface area contributed by atoms with Crippen molar-refractivity contribution in [1.29, 1.82) is 0 Å². The lowest BCUT2D eigenvalue weighted by Crippen LogP contribution is -2.03. The Morgan fingerprint density at radius 3 is 2.43 bits per heavy atom. The Morgan fingerprint density at radius 1 is 1.19 bits per heavy atom. The summed E-state index contributed by atoms with van der Waals surface area (Å²) in [6.07, 6.45) is 0. The van der Waals surface area contributed by atoms with E-state index in [9.17, 15) is 8.78 Å². The van der Waals surface area contributed by atoms with Crippen LogP contribution in [0.1, 0.15) is 11.1 Å². The maximum atomic E-state index is 13.6. The number of alkyl halides is 1. The lowest BCUT2D eigenvalue weighted by atomic mass is 10.2. The highest BCUT2D eigenvalue weighted by atomic mass is 79.9. The minimum atomic E-state index is -0.650. The molecule has 0 radical (unpaired) electrons. The number of methoxy groups -OCH3 is 1. The molecule has 0 heterocycles. The zero-order valence-electron chi connectivity index (χ0n) is 11.1. The van der Waals surface area contributed by atoms with Gasteiger partial charge in [-0.25, -0.2) is 8.78 Å². The summed E-state index contributed by atoms with van der Waals surface area (Å²) in [7, 11) is 1.48. The van der Waals surface area contributed by atoms with E-state index in [1.165, 1.54) is 25.3 Å². The average molecular weight is 378 g/mol. The molecule has 0 aromatic heterocycles. The van der Waals surface area contributed by atoms with Gasteiger partial charge in [-0.1, -0.05) is 6.07 Å². The Bertz CT molecular complexity index is 630. The van der Waals surface area contributed by atoms with Crippen LogP contribution in [0.15, 0.2) is 34.8 Å². The van der Waals surface area contributed by atoms with Crippen LogP contribution in [0.5, 0.6) is 11.5 Å². The van der Waals surface area contributed by atoms with Crippen molar-refractivity contribution in [1.82, 2.24) is 0 Å². The third-order valence-corrected chi connectivity index (χ3v) is 3.76. The van der Waals surface area contributed by atoms with Crippen LogP contribution in [0.2, 0.25) is 0 Å². The summed E-state index contributed by atoms with van der Waals surface area (Å²) in [5.41, 5.74) is 0.706. The van der Waals surface area contributed by atoms with Crippen molar-refractivity contribution in [3.8, 4) is 11.5 Å². The molecule has 0 N–H and O–H groups in total. The number of hydrogen-bond acceptors (Lipinski definition) is 2. The molecule has 0 unspecified atom stereocenters. The maximum absolute atomic E-state index is 13.6. The molecule has 0 atom stereocenters. The Balaban J connectivity index is 2.28. The highest BCUT2D eigenvalue weighted by Gasteiger charge is 2.14. The quantitative estimate of drug-likeness (QED) is 0.679. The van der Waals surface area contributed by atoms with Gasteiger partial charge in [0.2, 0.25) is 0 Å². The van der Waals surface area contributed by atoms with Crippen LogP contribution in [0.4, 0.5) is 8.78 Å². The van der Waals surface area contributed by atoms with Crippen molar-refractivity contribution in [2.75, 3.05) is 7.11 Å². The minimum Gasteiger partial charge on any atom is -0.493 e. The molecule has 0 aliphatic carbocycles. The molecule has 0 bridgehead atoms. The summed E-state index contributed by atoms with van der Waals surface area (Å²) in [6.45, 7) is -0.242. The van der Waals surface area contributed by atoms with Crippen molar-refractivity contribution in [2.24, 2.45) is 0 Å². The normalized spacial score (nSPS) is 10.5. The summed E-state index contributed by atoms with van der Waals surface area (Å²) < 4.78 is 38.5. The van der Waals surface area contributed by atoms with Gasteiger partial charge in [0.25, 0.3) is 0 Å². The second-order valence-electron chi connectivity index (χ2n) is 4.23. The molecule has 0 saturated carbocycles. The van der Waals surface area contributed by atoms with Crippen LogP contribution >= 0.6 is 27.5 Å². The highest BCUT2D eigenvalue weighted by molar-refractivity contribution is 9.10. The monoisotopic (exact) mass is 376 g/mol. The van der Waals surface area contributed by atoms with Gasteiger partial charge < -0.3 is 9.47 Å². The fourth-order valence-corrected chi connectivity index (χ4v) is 2.56. The smallest absolute Gasteiger partial charge is 0.175 e. The third-order valence-electron chi connectivity index (χ3n) is 2.87. The highest BCUT2D eigenvalue weighted by Crippen LogP contribution is 2.37. The first-order valence-electron chi connectivity index (χ1n) is 6.05. The van der Waals surface area contributed by atoms with Crippen molar-refractivity contribution < 1.29 is 18.3 Å². The van der Waals surface area contributed by atoms with E-state index in [-0.39, 0.29) is 12.2 Å². The largest absolute Gasteiger partial charge is 0.493 e. The molecule has 0 fully saturated rings. The third kappa shape index (κ3) is 3.66. The molecule has 0 aliphatic rings. The van der Waals surface area contributed by atoms with Gasteiger partial charge in [0.15, 0.2) is 11.5 Å². The standard InChI is InChI=1S/C15H12BrClF2O2/c1-20-14-6-9(7-17)5-11(16)15(14)21-8-10-12(18)3-2-4-13(10)19/h2-6H,7-8H2,1H3. The number of ether oxygens (including phenoxy) is 2. The van der Waals surface area contributed by atoms with Gasteiger partial charge in [0, 0.05) is 5.88 Å². The lowest BCUT2D eigenvalue weighted by Gasteiger charge is -2.14. The number of benzene rings is 2. The Kier molecular flexibility index (Phi) is 5.42. The van der Waals surface area contributed by atoms with E-state index >= 15 is 0 Å². The number of halogens is 4. The minimum absolute atomic E-state index is 0.132. The van der Waals surface area contributed by atoms with Gasteiger partial charge in [-0.15, -0.1) is 11.6 Å². The van der Waals surface area contributed by atoms with Crippen LogP contribution in [0.3, 0.4) is 0 Å². The van der Waals surface area contributed by atoms with Gasteiger partial charge in [-0.05, 0) is 45.8 Å². The average Bonchev–Trinajstić information content (AvgIpc) is 2.47. The van der Waals surface area contributed by atoms with Crippen LogP contribution in [-0.2, 0) is 12.5 Å². The molecule has 2 rings (SSSR count). The van der Waals surface area contributed by atoms with Crippen LogP contribution in [-0.4, -0.2) is 7.11 Å². The zero-order valence-corrected chi connectivity index (χ0v) is 13.5. The SMILES string of the molecule is COc1cc(CCl)cc(Br)c1OCc1c(F)cccc1F. The summed E-state index contributed by atoms with van der Waals surface area (Å²) in [6, 6.07) is 7.16. The van der Waals surface area contributed by atoms with Gasteiger partial charge in [0.1, 0.15) is 18.2 Å². The topological polar surface area (TPSA) is 18.5 Å². The Morgan fingerprint density at radius 2 is 1.86 bits per heavy atom. The molecule has 0 spiro atoms. The van der Waals surface area contributed by atoms with Crippen LogP contribution in [0.25, 0.3) is 0 Å². The molecule has 2 nitrogen and oxygen atoms in total. The Labute approximate surface area is 134 Å². The molecule has 2 aromatic carbocycles. The molecule has 0 amide bonds. The van der Waals surface area contributed by atoms with Gasteiger partial charge in [0.05, 0.1) is 17.1 Å². The first-order chi connectivity index (χ1) is 10.1.